The molecule has 0 saturated heterocycles. The number of benzene rings is 1. The van der Waals surface area contributed by atoms with E-state index < -0.39 is 6.10 Å². The predicted molar refractivity (Wildman–Crippen MR) is 83.0 cm³/mol. The zero-order valence-electron chi connectivity index (χ0n) is 13.5. The lowest BCUT2D eigenvalue weighted by molar-refractivity contribution is 0.0115. The maximum absolute atomic E-state index is 12.3. The molecule has 0 radical (unpaired) electrons. The Morgan fingerprint density at radius 2 is 1.90 bits per heavy atom. The number of methoxy groups -OCH3 is 1. The number of ketones is 1. The predicted octanol–water partition coefficient (Wildman–Crippen LogP) is 2.94. The molecule has 0 saturated carbocycles. The van der Waals surface area contributed by atoms with Crippen molar-refractivity contribution in [2.45, 2.75) is 33.3 Å². The molecule has 0 bridgehead atoms. The summed E-state index contributed by atoms with van der Waals surface area (Å²) >= 11 is 0. The normalized spacial score (nSPS) is 12.4. The maximum Gasteiger partial charge on any atom is 0.191 e. The lowest BCUT2D eigenvalue weighted by Gasteiger charge is -2.14. The molecule has 1 unspecified atom stereocenters. The van der Waals surface area contributed by atoms with Gasteiger partial charge >= 0.3 is 0 Å². The van der Waals surface area contributed by atoms with Gasteiger partial charge in [-0.15, -0.1) is 0 Å². The van der Waals surface area contributed by atoms with Crippen LogP contribution in [0.4, 0.5) is 0 Å². The molecule has 0 aromatic heterocycles. The number of carbonyl (C=O) groups excluding carboxylic acids is 1. The Kier molecular flexibility index (Phi) is 8.20. The summed E-state index contributed by atoms with van der Waals surface area (Å²) in [4.78, 5) is 12.3. The molecule has 4 nitrogen and oxygen atoms in total. The molecule has 0 N–H and O–H groups in total. The number of hydrogen-bond donors (Lipinski definition) is 0. The van der Waals surface area contributed by atoms with Crippen molar-refractivity contribution >= 4 is 5.78 Å². The molecule has 4 heteroatoms. The van der Waals surface area contributed by atoms with Crippen LogP contribution in [0, 0.1) is 13.8 Å². The first-order valence-electron chi connectivity index (χ1n) is 7.36. The van der Waals surface area contributed by atoms with Crippen LogP contribution >= 0.6 is 0 Å². The van der Waals surface area contributed by atoms with Gasteiger partial charge in [-0.3, -0.25) is 4.79 Å². The number of Topliss-reactive ketones (excluding diaryl/α,β-unsaturated/α-hetero) is 1. The first-order chi connectivity index (χ1) is 10.1. The molecule has 0 spiro atoms. The van der Waals surface area contributed by atoms with Gasteiger partial charge in [0.1, 0.15) is 6.10 Å². The molecule has 1 aromatic carbocycles. The summed E-state index contributed by atoms with van der Waals surface area (Å²) < 4.78 is 15.9. The fraction of sp³-hybridized carbons (Fsp3) is 0.588. The Bertz CT molecular complexity index is 442. The number of rotatable bonds is 10. The molecular weight excluding hydrogens is 268 g/mol. The summed E-state index contributed by atoms with van der Waals surface area (Å²) in [5.74, 6) is 0.0237. The van der Waals surface area contributed by atoms with Gasteiger partial charge in [0.2, 0.25) is 0 Å². The smallest absolute Gasteiger partial charge is 0.191 e. The van der Waals surface area contributed by atoms with Crippen molar-refractivity contribution < 1.29 is 19.0 Å². The fourth-order valence-corrected chi connectivity index (χ4v) is 1.99. The second kappa shape index (κ2) is 9.66. The summed E-state index contributed by atoms with van der Waals surface area (Å²) in [6, 6.07) is 5.89. The van der Waals surface area contributed by atoms with Crippen molar-refractivity contribution in [2.75, 3.05) is 33.5 Å². The van der Waals surface area contributed by atoms with Gasteiger partial charge in [-0.05, 0) is 38.8 Å². The summed E-state index contributed by atoms with van der Waals surface area (Å²) in [6.07, 6.45) is 0.418. The molecule has 0 fully saturated rings. The Hall–Kier alpha value is -1.23. The molecule has 0 aliphatic carbocycles. The van der Waals surface area contributed by atoms with Crippen molar-refractivity contribution in [1.82, 2.24) is 0 Å². The maximum atomic E-state index is 12.3. The minimum atomic E-state index is -0.451. The van der Waals surface area contributed by atoms with E-state index in [2.05, 4.69) is 0 Å². The summed E-state index contributed by atoms with van der Waals surface area (Å²) in [7, 11) is 1.67. The van der Waals surface area contributed by atoms with Crippen LogP contribution < -0.4 is 0 Å². The second-order valence-electron chi connectivity index (χ2n) is 5.15. The third kappa shape index (κ3) is 6.38. The van der Waals surface area contributed by atoms with Crippen LogP contribution in [0.1, 0.15) is 34.8 Å². The highest BCUT2D eigenvalue weighted by atomic mass is 16.5. The van der Waals surface area contributed by atoms with Crippen molar-refractivity contribution in [2.24, 2.45) is 0 Å². The van der Waals surface area contributed by atoms with Gasteiger partial charge in [-0.25, -0.2) is 0 Å². The van der Waals surface area contributed by atoms with Crippen LogP contribution in [-0.4, -0.2) is 45.4 Å². The highest BCUT2D eigenvalue weighted by molar-refractivity contribution is 6.00. The van der Waals surface area contributed by atoms with E-state index in [0.717, 1.165) is 23.1 Å². The quantitative estimate of drug-likeness (QED) is 0.491. The highest BCUT2D eigenvalue weighted by Crippen LogP contribution is 2.14. The number of aryl methyl sites for hydroxylation is 2. The van der Waals surface area contributed by atoms with E-state index in [1.165, 1.54) is 0 Å². The number of ether oxygens (including phenoxy) is 3. The summed E-state index contributed by atoms with van der Waals surface area (Å²) in [5.41, 5.74) is 2.80. The average Bonchev–Trinajstić information content (AvgIpc) is 2.48. The first-order valence-corrected chi connectivity index (χ1v) is 7.36. The number of carbonyl (C=O) groups is 1. The number of hydrogen-bond acceptors (Lipinski definition) is 4. The van der Waals surface area contributed by atoms with E-state index in [0.29, 0.717) is 26.4 Å². The first kappa shape index (κ1) is 17.8. The van der Waals surface area contributed by atoms with E-state index in [1.807, 2.05) is 32.0 Å². The van der Waals surface area contributed by atoms with Crippen LogP contribution in [0.5, 0.6) is 0 Å². The van der Waals surface area contributed by atoms with Gasteiger partial charge in [-0.1, -0.05) is 17.7 Å². The standard InChI is InChI=1S/C17H26O4/c1-13-6-7-14(2)16(12-13)17(18)15(3)21-11-10-20-9-5-8-19-4/h6-7,12,15H,5,8-11H2,1-4H3. The Labute approximate surface area is 127 Å². The van der Waals surface area contributed by atoms with Crippen LogP contribution in [-0.2, 0) is 14.2 Å². The molecule has 1 aromatic rings. The van der Waals surface area contributed by atoms with Gasteiger partial charge in [-0.2, -0.15) is 0 Å². The zero-order valence-corrected chi connectivity index (χ0v) is 13.5. The van der Waals surface area contributed by atoms with E-state index in [1.54, 1.807) is 14.0 Å². The van der Waals surface area contributed by atoms with E-state index in [9.17, 15) is 4.79 Å². The van der Waals surface area contributed by atoms with E-state index in [-0.39, 0.29) is 5.78 Å². The topological polar surface area (TPSA) is 44.8 Å². The largest absolute Gasteiger partial charge is 0.385 e. The highest BCUT2D eigenvalue weighted by Gasteiger charge is 2.17. The monoisotopic (exact) mass is 294 g/mol. The zero-order chi connectivity index (χ0) is 15.7. The Morgan fingerprint density at radius 3 is 2.62 bits per heavy atom. The van der Waals surface area contributed by atoms with Gasteiger partial charge < -0.3 is 14.2 Å². The van der Waals surface area contributed by atoms with Crippen LogP contribution in [0.15, 0.2) is 18.2 Å². The minimum absolute atomic E-state index is 0.0237. The van der Waals surface area contributed by atoms with E-state index >= 15 is 0 Å². The van der Waals surface area contributed by atoms with Gasteiger partial charge in [0, 0.05) is 25.9 Å². The van der Waals surface area contributed by atoms with Crippen molar-refractivity contribution in [3.05, 3.63) is 34.9 Å². The van der Waals surface area contributed by atoms with Crippen molar-refractivity contribution in [3.8, 4) is 0 Å². The molecular formula is C17H26O4. The second-order valence-corrected chi connectivity index (χ2v) is 5.15. The van der Waals surface area contributed by atoms with Crippen LogP contribution in [0.25, 0.3) is 0 Å². The lowest BCUT2D eigenvalue weighted by Crippen LogP contribution is -2.23. The fourth-order valence-electron chi connectivity index (χ4n) is 1.99. The van der Waals surface area contributed by atoms with Crippen LogP contribution in [0.3, 0.4) is 0 Å². The van der Waals surface area contributed by atoms with Gasteiger partial charge in [0.05, 0.1) is 13.2 Å². The van der Waals surface area contributed by atoms with Gasteiger partial charge in [0.15, 0.2) is 5.78 Å². The molecule has 0 heterocycles. The SMILES string of the molecule is COCCCOCCOC(C)C(=O)c1cc(C)ccc1C. The molecule has 1 rings (SSSR count). The van der Waals surface area contributed by atoms with Crippen LogP contribution in [0.2, 0.25) is 0 Å². The molecule has 0 aliphatic heterocycles. The third-order valence-corrected chi connectivity index (χ3v) is 3.26. The lowest BCUT2D eigenvalue weighted by atomic mass is 9.99. The summed E-state index contributed by atoms with van der Waals surface area (Å²) in [5, 5.41) is 0. The molecule has 0 aliphatic rings. The Morgan fingerprint density at radius 1 is 1.14 bits per heavy atom. The molecule has 1 atom stereocenters. The molecule has 118 valence electrons. The molecule has 21 heavy (non-hydrogen) atoms. The van der Waals surface area contributed by atoms with Crippen molar-refractivity contribution in [1.29, 1.82) is 0 Å². The average molecular weight is 294 g/mol. The van der Waals surface area contributed by atoms with Crippen molar-refractivity contribution in [3.63, 3.8) is 0 Å². The van der Waals surface area contributed by atoms with Gasteiger partial charge in [0.25, 0.3) is 0 Å². The molecule has 0 amide bonds. The Balaban J connectivity index is 2.33. The summed E-state index contributed by atoms with van der Waals surface area (Å²) in [6.45, 7) is 7.97. The third-order valence-electron chi connectivity index (χ3n) is 3.26. The van der Waals surface area contributed by atoms with E-state index in [4.69, 9.17) is 14.2 Å². The minimum Gasteiger partial charge on any atom is -0.385 e.